The van der Waals surface area contributed by atoms with E-state index in [1.165, 1.54) is 0 Å². The molecule has 1 aromatic carbocycles. The van der Waals surface area contributed by atoms with Crippen molar-refractivity contribution < 1.29 is 23.3 Å². The molecule has 0 aliphatic heterocycles. The van der Waals surface area contributed by atoms with Crippen molar-refractivity contribution in [3.05, 3.63) is 35.4 Å². The molecule has 1 rings (SSSR count). The fourth-order valence-corrected chi connectivity index (χ4v) is 3.12. The van der Waals surface area contributed by atoms with Crippen LogP contribution < -0.4 is 5.32 Å². The van der Waals surface area contributed by atoms with Gasteiger partial charge in [-0.15, -0.1) is 0 Å². The monoisotopic (exact) mass is 355 g/mol. The summed E-state index contributed by atoms with van der Waals surface area (Å²) in [5.41, 5.74) is 2.07. The van der Waals surface area contributed by atoms with E-state index in [0.29, 0.717) is 19.3 Å². The molecule has 0 bridgehead atoms. The lowest BCUT2D eigenvalue weighted by Gasteiger charge is -2.18. The zero-order valence-corrected chi connectivity index (χ0v) is 15.1. The van der Waals surface area contributed by atoms with E-state index in [2.05, 4.69) is 5.32 Å². The number of sulfone groups is 1. The van der Waals surface area contributed by atoms with Crippen molar-refractivity contribution in [3.8, 4) is 0 Å². The average molecular weight is 355 g/mol. The van der Waals surface area contributed by atoms with Crippen LogP contribution in [0.1, 0.15) is 37.3 Å². The lowest BCUT2D eigenvalue weighted by atomic mass is 9.75. The first-order chi connectivity index (χ1) is 11.2. The van der Waals surface area contributed by atoms with Gasteiger partial charge in [-0.3, -0.25) is 4.79 Å². The highest BCUT2D eigenvalue weighted by atomic mass is 32.2. The minimum absolute atomic E-state index is 0.0517. The van der Waals surface area contributed by atoms with Gasteiger partial charge >= 0.3 is 7.12 Å². The van der Waals surface area contributed by atoms with Crippen LogP contribution in [-0.2, 0) is 27.5 Å². The summed E-state index contributed by atoms with van der Waals surface area (Å²) in [7, 11) is -4.67. The lowest BCUT2D eigenvalue weighted by Crippen LogP contribution is -2.47. The predicted octanol–water partition coefficient (Wildman–Crippen LogP) is 0.503. The molecule has 0 fully saturated rings. The van der Waals surface area contributed by atoms with Crippen LogP contribution in [-0.4, -0.2) is 49.4 Å². The Bertz CT molecular complexity index is 633. The molecule has 8 heteroatoms. The van der Waals surface area contributed by atoms with Gasteiger partial charge in [-0.1, -0.05) is 31.2 Å². The lowest BCUT2D eigenvalue weighted by molar-refractivity contribution is -0.121. The number of carbonyl (C=O) groups is 1. The Hall–Kier alpha value is -1.38. The van der Waals surface area contributed by atoms with Crippen LogP contribution >= 0.6 is 0 Å². The van der Waals surface area contributed by atoms with Gasteiger partial charge in [-0.2, -0.15) is 0 Å². The van der Waals surface area contributed by atoms with Gasteiger partial charge in [0, 0.05) is 18.4 Å². The van der Waals surface area contributed by atoms with Crippen molar-refractivity contribution in [1.29, 1.82) is 0 Å². The first kappa shape index (κ1) is 20.7. The summed E-state index contributed by atoms with van der Waals surface area (Å²) in [6, 6.07) is 7.76. The predicted molar refractivity (Wildman–Crippen MR) is 95.2 cm³/mol. The Morgan fingerprint density at radius 3 is 2.50 bits per heavy atom. The van der Waals surface area contributed by atoms with Gasteiger partial charge in [0.1, 0.15) is 9.84 Å². The van der Waals surface area contributed by atoms with Gasteiger partial charge in [-0.05, 0) is 36.8 Å². The van der Waals surface area contributed by atoms with E-state index in [0.717, 1.165) is 23.8 Å². The van der Waals surface area contributed by atoms with E-state index < -0.39 is 22.9 Å². The quantitative estimate of drug-likeness (QED) is 0.419. The third-order valence-corrected chi connectivity index (χ3v) is 4.76. The topological polar surface area (TPSA) is 104 Å². The minimum Gasteiger partial charge on any atom is -0.426 e. The Kier molecular flexibility index (Phi) is 8.45. The Morgan fingerprint density at radius 2 is 1.92 bits per heavy atom. The second-order valence-corrected chi connectivity index (χ2v) is 8.31. The molecule has 6 nitrogen and oxygen atoms in total. The second-order valence-electron chi connectivity index (χ2n) is 6.05. The zero-order chi connectivity index (χ0) is 18.2. The van der Waals surface area contributed by atoms with E-state index in [4.69, 9.17) is 0 Å². The molecule has 0 aliphatic rings. The highest BCUT2D eigenvalue weighted by Gasteiger charge is 2.25. The Balaban J connectivity index is 2.51. The number of aryl methyl sites for hydroxylation is 1. The number of amides is 1. The Morgan fingerprint density at radius 1 is 1.25 bits per heavy atom. The van der Waals surface area contributed by atoms with Crippen molar-refractivity contribution in [3.63, 3.8) is 0 Å². The second kappa shape index (κ2) is 9.81. The number of unbranched alkanes of at least 4 members (excludes halogenated alkanes) is 1. The molecule has 1 atom stereocenters. The van der Waals surface area contributed by atoms with Crippen molar-refractivity contribution in [2.75, 3.05) is 12.0 Å². The summed E-state index contributed by atoms with van der Waals surface area (Å²) in [5.74, 6) is -1.05. The maximum atomic E-state index is 11.9. The van der Waals surface area contributed by atoms with E-state index in [-0.39, 0.29) is 18.1 Å². The van der Waals surface area contributed by atoms with Gasteiger partial charge in [0.25, 0.3) is 0 Å². The standard InChI is InChI=1S/C16H26BNO5S/c1-3-13-7-6-8-14(11-13)12-15(17(20)21)18-16(19)9-4-5-10-24(2,22)23/h6-8,11,15,20-21H,3-5,9-10,12H2,1-2H3,(H,18,19). The van der Waals surface area contributed by atoms with E-state index in [1.54, 1.807) is 0 Å². The van der Waals surface area contributed by atoms with Crippen LogP contribution in [0.15, 0.2) is 24.3 Å². The van der Waals surface area contributed by atoms with Gasteiger partial charge in [-0.25, -0.2) is 8.42 Å². The normalized spacial score (nSPS) is 12.7. The molecule has 0 radical (unpaired) electrons. The summed E-state index contributed by atoms with van der Waals surface area (Å²) in [5, 5.41) is 21.6. The average Bonchev–Trinajstić information content (AvgIpc) is 2.50. The fraction of sp³-hybridized carbons (Fsp3) is 0.562. The first-order valence-corrected chi connectivity index (χ1v) is 10.2. The van der Waals surface area contributed by atoms with Crippen LogP contribution in [0.25, 0.3) is 0 Å². The third kappa shape index (κ3) is 8.47. The van der Waals surface area contributed by atoms with Crippen molar-refractivity contribution in [2.24, 2.45) is 0 Å². The molecule has 1 unspecified atom stereocenters. The fourth-order valence-electron chi connectivity index (χ4n) is 2.39. The molecule has 0 saturated heterocycles. The largest absolute Gasteiger partial charge is 0.475 e. The molecular weight excluding hydrogens is 329 g/mol. The highest BCUT2D eigenvalue weighted by molar-refractivity contribution is 7.90. The van der Waals surface area contributed by atoms with Crippen molar-refractivity contribution >= 4 is 22.9 Å². The molecular formula is C16H26BNO5S. The van der Waals surface area contributed by atoms with E-state index in [9.17, 15) is 23.3 Å². The number of benzene rings is 1. The van der Waals surface area contributed by atoms with Crippen LogP contribution in [0.2, 0.25) is 0 Å². The number of carbonyl (C=O) groups excluding carboxylic acids is 1. The molecule has 1 amide bonds. The molecule has 0 saturated carbocycles. The van der Waals surface area contributed by atoms with E-state index >= 15 is 0 Å². The molecule has 134 valence electrons. The number of rotatable bonds is 10. The summed E-state index contributed by atoms with van der Waals surface area (Å²) in [4.78, 5) is 11.9. The molecule has 1 aromatic rings. The van der Waals surface area contributed by atoms with Gasteiger partial charge < -0.3 is 15.4 Å². The summed E-state index contributed by atoms with van der Waals surface area (Å²) >= 11 is 0. The van der Waals surface area contributed by atoms with Crippen molar-refractivity contribution in [2.45, 2.75) is 45.0 Å². The minimum atomic E-state index is -3.02. The van der Waals surface area contributed by atoms with Gasteiger partial charge in [0.15, 0.2) is 0 Å². The summed E-state index contributed by atoms with van der Waals surface area (Å²) in [6.45, 7) is 2.04. The molecule has 0 aromatic heterocycles. The molecule has 3 N–H and O–H groups in total. The molecule has 0 aliphatic carbocycles. The van der Waals surface area contributed by atoms with Crippen LogP contribution in [0.3, 0.4) is 0 Å². The van der Waals surface area contributed by atoms with Crippen molar-refractivity contribution in [1.82, 2.24) is 5.32 Å². The molecule has 24 heavy (non-hydrogen) atoms. The zero-order valence-electron chi connectivity index (χ0n) is 14.2. The SMILES string of the molecule is CCc1cccc(CC(NC(=O)CCCCS(C)(=O)=O)B(O)O)c1. The Labute approximate surface area is 144 Å². The van der Waals surface area contributed by atoms with Crippen LogP contribution in [0.5, 0.6) is 0 Å². The number of hydrogen-bond acceptors (Lipinski definition) is 5. The molecule has 0 spiro atoms. The van der Waals surface area contributed by atoms with E-state index in [1.807, 2.05) is 31.2 Å². The number of nitrogens with one attached hydrogen (secondary N) is 1. The van der Waals surface area contributed by atoms with Gasteiger partial charge in [0.05, 0.1) is 5.94 Å². The first-order valence-electron chi connectivity index (χ1n) is 8.12. The van der Waals surface area contributed by atoms with Gasteiger partial charge in [0.2, 0.25) is 5.91 Å². The maximum absolute atomic E-state index is 11.9. The maximum Gasteiger partial charge on any atom is 0.475 e. The summed E-state index contributed by atoms with van der Waals surface area (Å²) < 4.78 is 22.1. The highest BCUT2D eigenvalue weighted by Crippen LogP contribution is 2.09. The third-order valence-electron chi connectivity index (χ3n) is 3.73. The van der Waals surface area contributed by atoms with Crippen LogP contribution in [0.4, 0.5) is 0 Å². The number of hydrogen-bond donors (Lipinski definition) is 3. The van der Waals surface area contributed by atoms with Crippen LogP contribution in [0, 0.1) is 0 Å². The molecule has 0 heterocycles. The summed E-state index contributed by atoms with van der Waals surface area (Å²) in [6.07, 6.45) is 3.38. The smallest absolute Gasteiger partial charge is 0.426 e.